The molecule has 0 radical (unpaired) electrons. The average Bonchev–Trinajstić information content (AvgIpc) is 2.53. The van der Waals surface area contributed by atoms with Crippen molar-refractivity contribution in [3.05, 3.63) is 65.5 Å². The molecule has 0 fully saturated rings. The SMILES string of the molecule is CC(C)NC(=O)c1cccc(C(=O)NCc2ccccn2)c1. The third-order valence-corrected chi connectivity index (χ3v) is 2.96. The van der Waals surface area contributed by atoms with Crippen LogP contribution in [0.5, 0.6) is 0 Å². The first-order valence-electron chi connectivity index (χ1n) is 7.15. The molecule has 0 bridgehead atoms. The highest BCUT2D eigenvalue weighted by atomic mass is 16.2. The molecule has 114 valence electrons. The number of hydrogen-bond donors (Lipinski definition) is 2. The van der Waals surface area contributed by atoms with Crippen molar-refractivity contribution in [1.29, 1.82) is 0 Å². The standard InChI is InChI=1S/C17H19N3O2/c1-12(2)20-17(22)14-7-5-6-13(10-14)16(21)19-11-15-8-3-4-9-18-15/h3-10,12H,11H2,1-2H3,(H,19,21)(H,20,22). The number of nitrogens with one attached hydrogen (secondary N) is 2. The van der Waals surface area contributed by atoms with E-state index in [0.29, 0.717) is 17.7 Å². The van der Waals surface area contributed by atoms with E-state index >= 15 is 0 Å². The summed E-state index contributed by atoms with van der Waals surface area (Å²) in [6.45, 7) is 4.13. The Hall–Kier alpha value is -2.69. The molecule has 1 aromatic carbocycles. The first-order valence-corrected chi connectivity index (χ1v) is 7.15. The van der Waals surface area contributed by atoms with Crippen LogP contribution in [0.2, 0.25) is 0 Å². The highest BCUT2D eigenvalue weighted by Crippen LogP contribution is 2.06. The van der Waals surface area contributed by atoms with Gasteiger partial charge in [-0.2, -0.15) is 0 Å². The molecule has 2 aromatic rings. The van der Waals surface area contributed by atoms with E-state index in [1.807, 2.05) is 32.0 Å². The molecule has 0 unspecified atom stereocenters. The fourth-order valence-electron chi connectivity index (χ4n) is 1.92. The Morgan fingerprint density at radius 1 is 1.05 bits per heavy atom. The number of nitrogens with zero attached hydrogens (tertiary/aromatic N) is 1. The van der Waals surface area contributed by atoms with E-state index in [-0.39, 0.29) is 17.9 Å². The summed E-state index contributed by atoms with van der Waals surface area (Å²) < 4.78 is 0. The summed E-state index contributed by atoms with van der Waals surface area (Å²) in [7, 11) is 0. The lowest BCUT2D eigenvalue weighted by Crippen LogP contribution is -2.30. The minimum absolute atomic E-state index is 0.0501. The van der Waals surface area contributed by atoms with Crippen molar-refractivity contribution in [2.45, 2.75) is 26.4 Å². The molecule has 2 rings (SSSR count). The Morgan fingerprint density at radius 2 is 1.77 bits per heavy atom. The predicted octanol–water partition coefficient (Wildman–Crippen LogP) is 2.15. The molecule has 22 heavy (non-hydrogen) atoms. The Labute approximate surface area is 129 Å². The van der Waals surface area contributed by atoms with Gasteiger partial charge in [0, 0.05) is 23.4 Å². The van der Waals surface area contributed by atoms with Crippen LogP contribution in [0.15, 0.2) is 48.7 Å². The Balaban J connectivity index is 2.02. The number of hydrogen-bond acceptors (Lipinski definition) is 3. The number of carbonyl (C=O) groups is 2. The number of aromatic nitrogens is 1. The number of benzene rings is 1. The van der Waals surface area contributed by atoms with Gasteiger partial charge >= 0.3 is 0 Å². The average molecular weight is 297 g/mol. The van der Waals surface area contributed by atoms with E-state index in [0.717, 1.165) is 5.69 Å². The van der Waals surface area contributed by atoms with Gasteiger partial charge in [-0.1, -0.05) is 12.1 Å². The molecule has 1 aromatic heterocycles. The van der Waals surface area contributed by atoms with E-state index < -0.39 is 0 Å². The molecular formula is C17H19N3O2. The lowest BCUT2D eigenvalue weighted by molar-refractivity contribution is 0.0943. The molecule has 5 heteroatoms. The van der Waals surface area contributed by atoms with E-state index in [4.69, 9.17) is 0 Å². The van der Waals surface area contributed by atoms with Gasteiger partial charge in [0.2, 0.25) is 0 Å². The monoisotopic (exact) mass is 297 g/mol. The molecule has 0 atom stereocenters. The maximum absolute atomic E-state index is 12.1. The van der Waals surface area contributed by atoms with Crippen molar-refractivity contribution in [1.82, 2.24) is 15.6 Å². The van der Waals surface area contributed by atoms with Crippen molar-refractivity contribution in [2.75, 3.05) is 0 Å². The summed E-state index contributed by atoms with van der Waals surface area (Å²) >= 11 is 0. The highest BCUT2D eigenvalue weighted by molar-refractivity contribution is 5.99. The van der Waals surface area contributed by atoms with Crippen molar-refractivity contribution in [3.63, 3.8) is 0 Å². The van der Waals surface area contributed by atoms with Gasteiger partial charge in [0.15, 0.2) is 0 Å². The zero-order valence-corrected chi connectivity index (χ0v) is 12.7. The van der Waals surface area contributed by atoms with Gasteiger partial charge in [0.25, 0.3) is 11.8 Å². The third kappa shape index (κ3) is 4.41. The molecule has 0 saturated heterocycles. The zero-order valence-electron chi connectivity index (χ0n) is 12.7. The van der Waals surface area contributed by atoms with Crippen LogP contribution in [0.3, 0.4) is 0 Å². The van der Waals surface area contributed by atoms with Crippen LogP contribution in [0.1, 0.15) is 40.3 Å². The summed E-state index contributed by atoms with van der Waals surface area (Å²) in [6.07, 6.45) is 1.68. The largest absolute Gasteiger partial charge is 0.350 e. The highest BCUT2D eigenvalue weighted by Gasteiger charge is 2.11. The van der Waals surface area contributed by atoms with E-state index in [1.165, 1.54) is 0 Å². The van der Waals surface area contributed by atoms with Crippen LogP contribution in [0.25, 0.3) is 0 Å². The molecule has 2 amide bonds. The predicted molar refractivity (Wildman–Crippen MR) is 84.5 cm³/mol. The smallest absolute Gasteiger partial charge is 0.251 e. The minimum Gasteiger partial charge on any atom is -0.350 e. The van der Waals surface area contributed by atoms with Crippen LogP contribution in [-0.2, 0) is 6.54 Å². The molecule has 0 aliphatic rings. The van der Waals surface area contributed by atoms with Crippen LogP contribution >= 0.6 is 0 Å². The maximum atomic E-state index is 12.1. The second-order valence-electron chi connectivity index (χ2n) is 5.21. The van der Waals surface area contributed by atoms with E-state index in [2.05, 4.69) is 15.6 Å². The summed E-state index contributed by atoms with van der Waals surface area (Å²) in [5, 5.41) is 5.59. The summed E-state index contributed by atoms with van der Waals surface area (Å²) in [5.74, 6) is -0.417. The Bertz CT molecular complexity index is 654. The number of pyridine rings is 1. The summed E-state index contributed by atoms with van der Waals surface area (Å²) in [6, 6.07) is 12.2. The van der Waals surface area contributed by atoms with Gasteiger partial charge in [0.1, 0.15) is 0 Å². The lowest BCUT2D eigenvalue weighted by Gasteiger charge is -2.09. The van der Waals surface area contributed by atoms with Gasteiger partial charge in [-0.25, -0.2) is 0 Å². The Morgan fingerprint density at radius 3 is 2.41 bits per heavy atom. The molecule has 0 spiro atoms. The molecule has 5 nitrogen and oxygen atoms in total. The molecular weight excluding hydrogens is 278 g/mol. The summed E-state index contributed by atoms with van der Waals surface area (Å²) in [5.41, 5.74) is 1.70. The minimum atomic E-state index is -0.232. The van der Waals surface area contributed by atoms with Crippen molar-refractivity contribution in [2.24, 2.45) is 0 Å². The van der Waals surface area contributed by atoms with Crippen LogP contribution in [0, 0.1) is 0 Å². The van der Waals surface area contributed by atoms with Gasteiger partial charge in [-0.3, -0.25) is 14.6 Å². The van der Waals surface area contributed by atoms with Crippen molar-refractivity contribution in [3.8, 4) is 0 Å². The number of carbonyl (C=O) groups excluding carboxylic acids is 2. The second kappa shape index (κ2) is 7.36. The molecule has 0 aliphatic heterocycles. The van der Waals surface area contributed by atoms with Gasteiger partial charge in [-0.05, 0) is 44.2 Å². The second-order valence-corrected chi connectivity index (χ2v) is 5.21. The van der Waals surface area contributed by atoms with Crippen LogP contribution < -0.4 is 10.6 Å². The number of rotatable bonds is 5. The van der Waals surface area contributed by atoms with E-state index in [9.17, 15) is 9.59 Å². The fraction of sp³-hybridized carbons (Fsp3) is 0.235. The van der Waals surface area contributed by atoms with Crippen LogP contribution in [-0.4, -0.2) is 22.8 Å². The zero-order chi connectivity index (χ0) is 15.9. The number of amides is 2. The van der Waals surface area contributed by atoms with Gasteiger partial charge in [0.05, 0.1) is 12.2 Å². The first kappa shape index (κ1) is 15.7. The Kier molecular flexibility index (Phi) is 5.25. The molecule has 0 aliphatic carbocycles. The molecule has 0 saturated carbocycles. The lowest BCUT2D eigenvalue weighted by atomic mass is 10.1. The fourth-order valence-corrected chi connectivity index (χ4v) is 1.92. The topological polar surface area (TPSA) is 71.1 Å². The van der Waals surface area contributed by atoms with Crippen molar-refractivity contribution < 1.29 is 9.59 Å². The quantitative estimate of drug-likeness (QED) is 0.888. The third-order valence-electron chi connectivity index (χ3n) is 2.96. The summed E-state index contributed by atoms with van der Waals surface area (Å²) in [4.78, 5) is 28.2. The molecule has 2 N–H and O–H groups in total. The maximum Gasteiger partial charge on any atom is 0.251 e. The molecule has 1 heterocycles. The first-order chi connectivity index (χ1) is 10.6. The van der Waals surface area contributed by atoms with Crippen LogP contribution in [0.4, 0.5) is 0 Å². The van der Waals surface area contributed by atoms with Gasteiger partial charge in [-0.15, -0.1) is 0 Å². The van der Waals surface area contributed by atoms with Crippen molar-refractivity contribution >= 4 is 11.8 Å². The van der Waals surface area contributed by atoms with E-state index in [1.54, 1.807) is 30.5 Å². The van der Waals surface area contributed by atoms with Gasteiger partial charge < -0.3 is 10.6 Å². The normalized spacial score (nSPS) is 10.3.